The van der Waals surface area contributed by atoms with Crippen LogP contribution in [0.3, 0.4) is 0 Å². The Morgan fingerprint density at radius 2 is 0.957 bits per heavy atom. The van der Waals surface area contributed by atoms with Crippen molar-refractivity contribution in [1.82, 2.24) is 0 Å². The van der Waals surface area contributed by atoms with Crippen molar-refractivity contribution in [2.75, 3.05) is 0 Å². The van der Waals surface area contributed by atoms with Gasteiger partial charge in [0.25, 0.3) is 0 Å². The van der Waals surface area contributed by atoms with Gasteiger partial charge in [0.15, 0.2) is 0 Å². The quantitative estimate of drug-likeness (QED) is 0.192. The molecule has 0 spiro atoms. The zero-order valence-electron chi connectivity index (χ0n) is 24.8. The van der Waals surface area contributed by atoms with Gasteiger partial charge in [0.2, 0.25) is 0 Å². The highest BCUT2D eigenvalue weighted by molar-refractivity contribution is 6.17. The Hall–Kier alpha value is -6.12. The van der Waals surface area contributed by atoms with E-state index >= 15 is 0 Å². The van der Waals surface area contributed by atoms with Crippen molar-refractivity contribution in [1.29, 1.82) is 0 Å². The summed E-state index contributed by atoms with van der Waals surface area (Å²) in [5.41, 5.74) is 10.9. The largest absolute Gasteiger partial charge is 0.455 e. The molecule has 0 unspecified atom stereocenters. The molecule has 0 bridgehead atoms. The molecule has 8 aromatic carbocycles. The molecule has 1 aromatic heterocycles. The zero-order valence-corrected chi connectivity index (χ0v) is 24.8. The topological polar surface area (TPSA) is 22.4 Å². The first-order chi connectivity index (χ1) is 22.8. The number of benzene rings is 8. The molecule has 0 saturated heterocycles. The molecule has 0 fully saturated rings. The minimum Gasteiger partial charge on any atom is -0.455 e. The molecule has 0 saturated carbocycles. The van der Waals surface area contributed by atoms with Gasteiger partial charge < -0.3 is 9.15 Å². The van der Waals surface area contributed by atoms with Gasteiger partial charge in [-0.25, -0.2) is 0 Å². The second kappa shape index (κ2) is 9.69. The van der Waals surface area contributed by atoms with Crippen LogP contribution in [0.2, 0.25) is 0 Å². The standard InChI is InChI=1S/C44H26O2/c1-2-15-32-31(10-1)26-41-42-36(32)19-9-20-37(42)39-22-8-18-34(44(39)46-41)30-14-6-12-28(25-30)27-11-5-13-29(24-27)33-17-7-21-38-35-16-3-4-23-40(35)45-43(33)38/h1-26H. The fourth-order valence-electron chi connectivity index (χ4n) is 7.33. The first-order valence-electron chi connectivity index (χ1n) is 15.7. The lowest BCUT2D eigenvalue weighted by atomic mass is 9.89. The number of fused-ring (bicyclic) bond motifs is 7. The van der Waals surface area contributed by atoms with Crippen molar-refractivity contribution in [3.8, 4) is 56.0 Å². The summed E-state index contributed by atoms with van der Waals surface area (Å²) in [6.07, 6.45) is 0. The Labute approximate surface area is 265 Å². The summed E-state index contributed by atoms with van der Waals surface area (Å²) in [7, 11) is 0. The van der Waals surface area contributed by atoms with E-state index in [0.717, 1.165) is 72.4 Å². The summed E-state index contributed by atoms with van der Waals surface area (Å²) in [6, 6.07) is 56.0. The predicted octanol–water partition coefficient (Wildman–Crippen LogP) is 12.7. The zero-order chi connectivity index (χ0) is 30.2. The van der Waals surface area contributed by atoms with E-state index in [1.165, 1.54) is 27.1 Å². The normalized spacial score (nSPS) is 12.1. The maximum atomic E-state index is 6.82. The van der Waals surface area contributed by atoms with Gasteiger partial charge in [-0.15, -0.1) is 0 Å². The van der Waals surface area contributed by atoms with Crippen LogP contribution >= 0.6 is 0 Å². The minimum atomic E-state index is 0.903. The van der Waals surface area contributed by atoms with Crippen molar-refractivity contribution in [3.05, 3.63) is 158 Å². The Bertz CT molecular complexity index is 2680. The summed E-state index contributed by atoms with van der Waals surface area (Å²) in [5.74, 6) is 1.81. The third kappa shape index (κ3) is 3.71. The van der Waals surface area contributed by atoms with E-state index in [0.29, 0.717) is 0 Å². The van der Waals surface area contributed by atoms with Gasteiger partial charge in [0.1, 0.15) is 22.7 Å². The summed E-state index contributed by atoms with van der Waals surface area (Å²) in [6.45, 7) is 0. The molecular formula is C44H26O2. The fraction of sp³-hybridized carbons (Fsp3) is 0. The summed E-state index contributed by atoms with van der Waals surface area (Å²) < 4.78 is 13.2. The Kier molecular flexibility index (Phi) is 5.31. The average Bonchev–Trinajstić information content (AvgIpc) is 3.51. The van der Waals surface area contributed by atoms with Crippen LogP contribution in [0.4, 0.5) is 0 Å². The molecule has 0 radical (unpaired) electrons. The molecule has 2 nitrogen and oxygen atoms in total. The summed E-state index contributed by atoms with van der Waals surface area (Å²) >= 11 is 0. The van der Waals surface area contributed by atoms with Crippen molar-refractivity contribution in [2.45, 2.75) is 0 Å². The van der Waals surface area contributed by atoms with E-state index in [2.05, 4.69) is 146 Å². The highest BCUT2D eigenvalue weighted by Crippen LogP contribution is 2.51. The van der Waals surface area contributed by atoms with Crippen LogP contribution in [0, 0.1) is 0 Å². The lowest BCUT2D eigenvalue weighted by Crippen LogP contribution is -1.99. The molecule has 10 rings (SSSR count). The summed E-state index contributed by atoms with van der Waals surface area (Å²) in [5, 5.41) is 7.11. The average molecular weight is 587 g/mol. The minimum absolute atomic E-state index is 0.903. The van der Waals surface area contributed by atoms with Gasteiger partial charge in [0.05, 0.1) is 0 Å². The van der Waals surface area contributed by atoms with Crippen molar-refractivity contribution in [3.63, 3.8) is 0 Å². The molecule has 1 aliphatic rings. The molecule has 46 heavy (non-hydrogen) atoms. The maximum Gasteiger partial charge on any atom is 0.143 e. The van der Waals surface area contributed by atoms with Crippen LogP contribution < -0.4 is 4.74 Å². The SMILES string of the molecule is c1cc(-c2cccc(-c3cccc4c3oc3ccccc34)c2)cc(-c2cccc3c2Oc2cc4ccccc4c4cccc-3c24)c1. The molecule has 214 valence electrons. The molecule has 2 heteroatoms. The van der Waals surface area contributed by atoms with Crippen LogP contribution in [0.1, 0.15) is 0 Å². The van der Waals surface area contributed by atoms with Crippen LogP contribution in [-0.2, 0) is 0 Å². The second-order valence-electron chi connectivity index (χ2n) is 12.1. The number of hydrogen-bond donors (Lipinski definition) is 0. The number of hydrogen-bond acceptors (Lipinski definition) is 2. The first kappa shape index (κ1) is 25.2. The third-order valence-electron chi connectivity index (χ3n) is 9.45. The second-order valence-corrected chi connectivity index (χ2v) is 12.1. The van der Waals surface area contributed by atoms with E-state index in [9.17, 15) is 0 Å². The third-order valence-corrected chi connectivity index (χ3v) is 9.45. The first-order valence-corrected chi connectivity index (χ1v) is 15.7. The Morgan fingerprint density at radius 1 is 0.370 bits per heavy atom. The molecule has 0 atom stereocenters. The number of para-hydroxylation sites is 3. The van der Waals surface area contributed by atoms with Gasteiger partial charge in [-0.05, 0) is 68.2 Å². The van der Waals surface area contributed by atoms with E-state index in [4.69, 9.17) is 9.15 Å². The number of ether oxygens (including phenoxy) is 1. The van der Waals surface area contributed by atoms with Crippen molar-refractivity contribution >= 4 is 43.5 Å². The highest BCUT2D eigenvalue weighted by Gasteiger charge is 2.24. The van der Waals surface area contributed by atoms with Crippen LogP contribution in [0.15, 0.2) is 162 Å². The van der Waals surface area contributed by atoms with Crippen molar-refractivity contribution in [2.24, 2.45) is 0 Å². The number of rotatable bonds is 3. The monoisotopic (exact) mass is 586 g/mol. The van der Waals surface area contributed by atoms with Gasteiger partial charge in [-0.2, -0.15) is 0 Å². The van der Waals surface area contributed by atoms with Crippen LogP contribution in [-0.4, -0.2) is 0 Å². The number of furan rings is 1. The van der Waals surface area contributed by atoms with Gasteiger partial charge in [0, 0.05) is 32.8 Å². The molecule has 0 aliphatic carbocycles. The van der Waals surface area contributed by atoms with E-state index in [1.54, 1.807) is 0 Å². The summed E-state index contributed by atoms with van der Waals surface area (Å²) in [4.78, 5) is 0. The highest BCUT2D eigenvalue weighted by atomic mass is 16.5. The maximum absolute atomic E-state index is 6.82. The van der Waals surface area contributed by atoms with E-state index in [1.807, 2.05) is 12.1 Å². The van der Waals surface area contributed by atoms with Crippen LogP contribution in [0.5, 0.6) is 11.5 Å². The smallest absolute Gasteiger partial charge is 0.143 e. The van der Waals surface area contributed by atoms with E-state index < -0.39 is 0 Å². The molecule has 1 aliphatic heterocycles. The van der Waals surface area contributed by atoms with Gasteiger partial charge in [-0.1, -0.05) is 133 Å². The predicted molar refractivity (Wildman–Crippen MR) is 191 cm³/mol. The van der Waals surface area contributed by atoms with Gasteiger partial charge >= 0.3 is 0 Å². The lowest BCUT2D eigenvalue weighted by Gasteiger charge is -2.24. The molecule has 9 aromatic rings. The van der Waals surface area contributed by atoms with Crippen molar-refractivity contribution < 1.29 is 9.15 Å². The van der Waals surface area contributed by atoms with Gasteiger partial charge in [-0.3, -0.25) is 0 Å². The Morgan fingerprint density at radius 3 is 1.80 bits per heavy atom. The molecular weight excluding hydrogens is 560 g/mol. The van der Waals surface area contributed by atoms with E-state index in [-0.39, 0.29) is 0 Å². The lowest BCUT2D eigenvalue weighted by molar-refractivity contribution is 0.489. The fourth-order valence-corrected chi connectivity index (χ4v) is 7.33. The molecule has 2 heterocycles. The molecule has 0 N–H and O–H groups in total. The Balaban J connectivity index is 1.09. The van der Waals surface area contributed by atoms with Crippen LogP contribution in [0.25, 0.3) is 88.0 Å². The molecule has 0 amide bonds.